The van der Waals surface area contributed by atoms with Crippen molar-refractivity contribution in [3.8, 4) is 11.6 Å². The van der Waals surface area contributed by atoms with Gasteiger partial charge in [-0.2, -0.15) is 0 Å². The fraction of sp³-hybridized carbons (Fsp3) is 0.133. The molecular weight excluding hydrogens is 555 g/mol. The summed E-state index contributed by atoms with van der Waals surface area (Å²) in [4.78, 5) is 48.2. The van der Waals surface area contributed by atoms with Crippen molar-refractivity contribution in [2.45, 2.75) is 19.9 Å². The molecule has 43 heavy (non-hydrogen) atoms. The smallest absolute Gasteiger partial charge is 0.335 e. The minimum Gasteiger partial charge on any atom is -0.437 e. The maximum Gasteiger partial charge on any atom is 0.335 e. The summed E-state index contributed by atoms with van der Waals surface area (Å²) in [5.74, 6) is -0.686. The van der Waals surface area contributed by atoms with Crippen molar-refractivity contribution in [3.63, 3.8) is 0 Å². The second-order valence-electron chi connectivity index (χ2n) is 9.81. The number of carbonyl (C=O) groups is 1. The van der Waals surface area contributed by atoms with Gasteiger partial charge in [0.05, 0.1) is 35.3 Å². The molecule has 0 bridgehead atoms. The van der Waals surface area contributed by atoms with Gasteiger partial charge in [-0.3, -0.25) is 14.2 Å². The van der Waals surface area contributed by atoms with Crippen molar-refractivity contribution in [2.75, 3.05) is 5.32 Å². The number of benzene rings is 1. The standard InChI is InChI=1S/C30H27FN8O4/c1-18(2)38-15-23(29(41)39(30(38)42)22-7-4-20(31)5-8-22)28(40)36-21-6-9-27(34-14-21)43-26-12-19(13-33-24(26)10-11-32)25-16-37(3)17-35-25/h4-18,32-33H,1-3H3,(H,36,40)/b24-10-,32-11?. The number of imidazole rings is 1. The SMILES string of the molecule is CC(C)n1cc(C(=O)Nc2ccc(OC3=CC(c4cn(C)cn4)=CN/C3=C\C=N)nc2)c(=O)n(-c2ccc(F)cc2)c1=O. The van der Waals surface area contributed by atoms with Crippen LogP contribution in [0.25, 0.3) is 11.3 Å². The van der Waals surface area contributed by atoms with E-state index in [1.54, 1.807) is 38.5 Å². The third-order valence-corrected chi connectivity index (χ3v) is 6.39. The molecule has 0 saturated carbocycles. The summed E-state index contributed by atoms with van der Waals surface area (Å²) in [6, 6.07) is 7.55. The van der Waals surface area contributed by atoms with Crippen LogP contribution >= 0.6 is 0 Å². The van der Waals surface area contributed by atoms with Gasteiger partial charge in [-0.25, -0.2) is 23.7 Å². The first-order valence-electron chi connectivity index (χ1n) is 13.1. The van der Waals surface area contributed by atoms with E-state index < -0.39 is 23.0 Å². The van der Waals surface area contributed by atoms with Gasteiger partial charge >= 0.3 is 5.69 Å². The summed E-state index contributed by atoms with van der Waals surface area (Å²) in [5.41, 5.74) is 0.625. The van der Waals surface area contributed by atoms with Crippen LogP contribution < -0.4 is 26.6 Å². The van der Waals surface area contributed by atoms with Gasteiger partial charge in [-0.15, -0.1) is 0 Å². The number of carbonyl (C=O) groups excluding carboxylic acids is 1. The molecule has 4 aromatic rings. The van der Waals surface area contributed by atoms with Gasteiger partial charge in [0.1, 0.15) is 11.4 Å². The number of aromatic nitrogens is 5. The summed E-state index contributed by atoms with van der Waals surface area (Å²) < 4.78 is 23.4. The zero-order chi connectivity index (χ0) is 30.7. The van der Waals surface area contributed by atoms with Crippen molar-refractivity contribution >= 4 is 23.4 Å². The molecule has 4 heterocycles. The number of aryl methyl sites for hydroxylation is 1. The fourth-order valence-corrected chi connectivity index (χ4v) is 4.24. The Bertz CT molecular complexity index is 1910. The summed E-state index contributed by atoms with van der Waals surface area (Å²) >= 11 is 0. The Morgan fingerprint density at radius 3 is 2.51 bits per heavy atom. The van der Waals surface area contributed by atoms with Crippen LogP contribution in [0.1, 0.15) is 35.9 Å². The molecule has 0 aliphatic carbocycles. The van der Waals surface area contributed by atoms with Crippen LogP contribution in [0.2, 0.25) is 0 Å². The number of allylic oxidation sites excluding steroid dienone is 3. The van der Waals surface area contributed by atoms with E-state index in [9.17, 15) is 18.8 Å². The topological polar surface area (TPSA) is 149 Å². The molecule has 0 spiro atoms. The van der Waals surface area contributed by atoms with Crippen LogP contribution in [-0.4, -0.2) is 35.8 Å². The number of amides is 1. The molecule has 1 amide bonds. The molecule has 13 heteroatoms. The predicted octanol–water partition coefficient (Wildman–Crippen LogP) is 3.54. The number of nitrogens with zero attached hydrogens (tertiary/aromatic N) is 5. The van der Waals surface area contributed by atoms with Crippen LogP contribution in [0.3, 0.4) is 0 Å². The first kappa shape index (κ1) is 28.7. The highest BCUT2D eigenvalue weighted by atomic mass is 19.1. The molecule has 0 radical (unpaired) electrons. The Hall–Kier alpha value is -5.85. The van der Waals surface area contributed by atoms with Gasteiger partial charge in [-0.05, 0) is 56.3 Å². The van der Waals surface area contributed by atoms with Crippen LogP contribution in [0.5, 0.6) is 5.88 Å². The molecule has 0 atom stereocenters. The molecule has 0 unspecified atom stereocenters. The number of ether oxygens (including phenoxy) is 1. The number of halogens is 1. The lowest BCUT2D eigenvalue weighted by Crippen LogP contribution is -2.42. The molecule has 3 N–H and O–H groups in total. The Labute approximate surface area is 244 Å². The lowest BCUT2D eigenvalue weighted by atomic mass is 10.1. The van der Waals surface area contributed by atoms with Gasteiger partial charge in [0, 0.05) is 49.5 Å². The van der Waals surface area contributed by atoms with Crippen molar-refractivity contribution in [1.29, 1.82) is 5.41 Å². The molecular formula is C30H27FN8O4. The average molecular weight is 583 g/mol. The highest BCUT2D eigenvalue weighted by molar-refractivity contribution is 6.03. The van der Waals surface area contributed by atoms with Gasteiger partial charge in [-0.1, -0.05) is 0 Å². The zero-order valence-corrected chi connectivity index (χ0v) is 23.4. The normalized spacial score (nSPS) is 13.7. The van der Waals surface area contributed by atoms with Gasteiger partial charge in [0.15, 0.2) is 5.76 Å². The van der Waals surface area contributed by atoms with E-state index in [2.05, 4.69) is 20.6 Å². The van der Waals surface area contributed by atoms with Crippen LogP contribution in [0.4, 0.5) is 10.1 Å². The van der Waals surface area contributed by atoms with Crippen molar-refractivity contribution < 1.29 is 13.9 Å². The third kappa shape index (κ3) is 6.10. The maximum absolute atomic E-state index is 13.5. The van der Waals surface area contributed by atoms with Gasteiger partial charge in [0.25, 0.3) is 11.5 Å². The molecule has 0 fully saturated rings. The van der Waals surface area contributed by atoms with Crippen LogP contribution in [0.15, 0.2) is 101 Å². The second kappa shape index (κ2) is 11.9. The van der Waals surface area contributed by atoms with Crippen LogP contribution in [-0.2, 0) is 7.05 Å². The molecule has 218 valence electrons. The maximum atomic E-state index is 13.5. The number of hydrogen-bond donors (Lipinski definition) is 3. The molecule has 1 aliphatic heterocycles. The molecule has 0 saturated heterocycles. The highest BCUT2D eigenvalue weighted by Crippen LogP contribution is 2.25. The summed E-state index contributed by atoms with van der Waals surface area (Å²) in [7, 11) is 1.86. The lowest BCUT2D eigenvalue weighted by molar-refractivity contribution is 0.102. The van der Waals surface area contributed by atoms with E-state index in [4.69, 9.17) is 10.1 Å². The van der Waals surface area contributed by atoms with E-state index in [0.717, 1.165) is 34.2 Å². The quantitative estimate of drug-likeness (QED) is 0.269. The van der Waals surface area contributed by atoms with E-state index in [0.29, 0.717) is 11.5 Å². The Balaban J connectivity index is 1.39. The molecule has 5 rings (SSSR count). The second-order valence-corrected chi connectivity index (χ2v) is 9.81. The number of anilines is 1. The van der Waals surface area contributed by atoms with Crippen molar-refractivity contribution in [3.05, 3.63) is 129 Å². The number of dihydropyridines is 1. The Kier molecular flexibility index (Phi) is 7.96. The molecule has 1 aromatic carbocycles. The lowest BCUT2D eigenvalue weighted by Gasteiger charge is -2.18. The van der Waals surface area contributed by atoms with Gasteiger partial charge in [0.2, 0.25) is 5.88 Å². The predicted molar refractivity (Wildman–Crippen MR) is 159 cm³/mol. The number of pyridine rings is 1. The summed E-state index contributed by atoms with van der Waals surface area (Å²) in [5, 5.41) is 13.2. The molecule has 1 aliphatic rings. The monoisotopic (exact) mass is 582 g/mol. The van der Waals surface area contributed by atoms with E-state index in [1.807, 2.05) is 17.8 Å². The summed E-state index contributed by atoms with van der Waals surface area (Å²) in [6.45, 7) is 3.47. The van der Waals surface area contributed by atoms with Crippen molar-refractivity contribution in [2.24, 2.45) is 7.05 Å². The number of hydrogen-bond acceptors (Lipinski definition) is 8. The Morgan fingerprint density at radius 1 is 1.12 bits per heavy atom. The summed E-state index contributed by atoms with van der Waals surface area (Å²) in [6.07, 6.45) is 12.3. The minimum atomic E-state index is -0.849. The Morgan fingerprint density at radius 2 is 1.88 bits per heavy atom. The minimum absolute atomic E-state index is 0.132. The average Bonchev–Trinajstić information content (AvgIpc) is 3.42. The van der Waals surface area contributed by atoms with E-state index in [1.165, 1.54) is 41.2 Å². The van der Waals surface area contributed by atoms with Gasteiger partial charge < -0.3 is 25.3 Å². The number of rotatable bonds is 8. The molecule has 3 aromatic heterocycles. The van der Waals surface area contributed by atoms with Crippen LogP contribution in [0, 0.1) is 11.2 Å². The van der Waals surface area contributed by atoms with E-state index >= 15 is 0 Å². The third-order valence-electron chi connectivity index (χ3n) is 6.39. The first-order valence-corrected chi connectivity index (χ1v) is 13.1. The van der Waals surface area contributed by atoms with Crippen molar-refractivity contribution in [1.82, 2.24) is 29.0 Å². The molecule has 12 nitrogen and oxygen atoms in total. The zero-order valence-electron chi connectivity index (χ0n) is 23.4. The van der Waals surface area contributed by atoms with E-state index in [-0.39, 0.29) is 28.9 Å². The largest absolute Gasteiger partial charge is 0.437 e. The number of nitrogens with one attached hydrogen (secondary N) is 3. The highest BCUT2D eigenvalue weighted by Gasteiger charge is 2.21. The first-order chi connectivity index (χ1) is 20.6. The fourth-order valence-electron chi connectivity index (χ4n) is 4.24.